The Hall–Kier alpha value is -1.46. The van der Waals surface area contributed by atoms with Crippen LogP contribution < -0.4 is 0 Å². The molecule has 0 aliphatic carbocycles. The summed E-state index contributed by atoms with van der Waals surface area (Å²) in [6.45, 7) is 10.2. The van der Waals surface area contributed by atoms with Crippen molar-refractivity contribution in [1.82, 2.24) is 20.2 Å². The van der Waals surface area contributed by atoms with E-state index in [1.807, 2.05) is 13.8 Å². The molecule has 0 bridgehead atoms. The van der Waals surface area contributed by atoms with Crippen molar-refractivity contribution >= 4 is 5.97 Å². The minimum absolute atomic E-state index is 0.0422. The van der Waals surface area contributed by atoms with Gasteiger partial charge in [-0.1, -0.05) is 34.6 Å². The van der Waals surface area contributed by atoms with Gasteiger partial charge in [-0.2, -0.15) is 0 Å². The lowest BCUT2D eigenvalue weighted by molar-refractivity contribution is -0.138. The lowest BCUT2D eigenvalue weighted by atomic mass is 9.95. The first-order valence-electron chi connectivity index (χ1n) is 6.34. The molecule has 6 heteroatoms. The van der Waals surface area contributed by atoms with Gasteiger partial charge in [0.1, 0.15) is 0 Å². The van der Waals surface area contributed by atoms with Crippen LogP contribution in [0.15, 0.2) is 0 Å². The van der Waals surface area contributed by atoms with Crippen LogP contribution in [0.2, 0.25) is 0 Å². The van der Waals surface area contributed by atoms with Crippen molar-refractivity contribution < 1.29 is 9.90 Å². The summed E-state index contributed by atoms with van der Waals surface area (Å²) in [6.07, 6.45) is 0.0422. The van der Waals surface area contributed by atoms with Gasteiger partial charge < -0.3 is 5.11 Å². The standard InChI is InChI=1S/C12H22N4O2/c1-7(2)9(5)12-13-14-15-16(12)10(8(3)4)6-11(17)18/h7-10H,6H2,1-5H3,(H,17,18). The molecule has 1 heterocycles. The lowest BCUT2D eigenvalue weighted by Crippen LogP contribution is -2.24. The largest absolute Gasteiger partial charge is 0.481 e. The molecule has 0 saturated heterocycles. The zero-order valence-electron chi connectivity index (χ0n) is 11.7. The number of hydrogen-bond acceptors (Lipinski definition) is 4. The highest BCUT2D eigenvalue weighted by molar-refractivity contribution is 5.67. The van der Waals surface area contributed by atoms with Gasteiger partial charge in [0.25, 0.3) is 0 Å². The molecule has 0 amide bonds. The summed E-state index contributed by atoms with van der Waals surface area (Å²) in [4.78, 5) is 10.9. The van der Waals surface area contributed by atoms with Gasteiger partial charge in [-0.05, 0) is 22.3 Å². The maximum absolute atomic E-state index is 10.9. The molecule has 1 aromatic rings. The SMILES string of the molecule is CC(C)C(C)c1nnnn1C(CC(=O)O)C(C)C. The summed E-state index contributed by atoms with van der Waals surface area (Å²) in [6, 6.07) is -0.200. The summed E-state index contributed by atoms with van der Waals surface area (Å²) < 4.78 is 1.68. The van der Waals surface area contributed by atoms with Crippen molar-refractivity contribution in [2.45, 2.75) is 53.0 Å². The van der Waals surface area contributed by atoms with E-state index in [1.54, 1.807) is 4.68 Å². The monoisotopic (exact) mass is 254 g/mol. The maximum atomic E-state index is 10.9. The second-order valence-electron chi connectivity index (χ2n) is 5.42. The van der Waals surface area contributed by atoms with Crippen LogP contribution in [0, 0.1) is 11.8 Å². The fraction of sp³-hybridized carbons (Fsp3) is 0.833. The zero-order valence-corrected chi connectivity index (χ0v) is 11.7. The predicted molar refractivity (Wildman–Crippen MR) is 67.2 cm³/mol. The van der Waals surface area contributed by atoms with Crippen LogP contribution in [0.3, 0.4) is 0 Å². The van der Waals surface area contributed by atoms with E-state index < -0.39 is 5.97 Å². The first-order chi connectivity index (χ1) is 8.34. The Labute approximate surface area is 107 Å². The van der Waals surface area contributed by atoms with E-state index in [1.165, 1.54) is 0 Å². The summed E-state index contributed by atoms with van der Waals surface area (Å²) >= 11 is 0. The van der Waals surface area contributed by atoms with Gasteiger partial charge in [-0.3, -0.25) is 4.79 Å². The molecule has 0 aromatic carbocycles. The van der Waals surface area contributed by atoms with E-state index in [-0.39, 0.29) is 24.3 Å². The van der Waals surface area contributed by atoms with Gasteiger partial charge in [0.2, 0.25) is 0 Å². The number of carbonyl (C=O) groups is 1. The van der Waals surface area contributed by atoms with Crippen LogP contribution >= 0.6 is 0 Å². The summed E-state index contributed by atoms with van der Waals surface area (Å²) in [7, 11) is 0. The molecule has 0 fully saturated rings. The van der Waals surface area contributed by atoms with Crippen molar-refractivity contribution in [1.29, 1.82) is 0 Å². The summed E-state index contributed by atoms with van der Waals surface area (Å²) in [5.74, 6) is 0.724. The van der Waals surface area contributed by atoms with Gasteiger partial charge in [0.15, 0.2) is 5.82 Å². The molecule has 0 saturated carbocycles. The maximum Gasteiger partial charge on any atom is 0.305 e. The highest BCUT2D eigenvalue weighted by Gasteiger charge is 2.26. The Morgan fingerprint density at radius 1 is 1.22 bits per heavy atom. The molecule has 1 aromatic heterocycles. The van der Waals surface area contributed by atoms with Crippen molar-refractivity contribution in [2.24, 2.45) is 11.8 Å². The quantitative estimate of drug-likeness (QED) is 0.840. The summed E-state index contributed by atoms with van der Waals surface area (Å²) in [5, 5.41) is 20.7. The number of aromatic nitrogens is 4. The van der Waals surface area contributed by atoms with Gasteiger partial charge in [0, 0.05) is 5.92 Å². The third-order valence-electron chi connectivity index (χ3n) is 3.39. The van der Waals surface area contributed by atoms with Crippen LogP contribution in [0.5, 0.6) is 0 Å². The molecular weight excluding hydrogens is 232 g/mol. The molecule has 1 N–H and O–H groups in total. The molecule has 1 rings (SSSR count). The smallest absolute Gasteiger partial charge is 0.305 e. The predicted octanol–water partition coefficient (Wildman–Crippen LogP) is 2.10. The normalized spacial score (nSPS) is 15.1. The van der Waals surface area contributed by atoms with Crippen LogP contribution in [-0.4, -0.2) is 31.3 Å². The minimum atomic E-state index is -0.827. The van der Waals surface area contributed by atoms with Crippen LogP contribution in [0.25, 0.3) is 0 Å². The van der Waals surface area contributed by atoms with Gasteiger partial charge in [-0.25, -0.2) is 4.68 Å². The van der Waals surface area contributed by atoms with Crippen LogP contribution in [0.4, 0.5) is 0 Å². The van der Waals surface area contributed by atoms with E-state index in [0.29, 0.717) is 5.92 Å². The molecule has 2 atom stereocenters. The Morgan fingerprint density at radius 2 is 1.83 bits per heavy atom. The third kappa shape index (κ3) is 3.27. The molecular formula is C12H22N4O2. The van der Waals surface area contributed by atoms with Gasteiger partial charge >= 0.3 is 5.97 Å². The Morgan fingerprint density at radius 3 is 2.28 bits per heavy atom. The second-order valence-corrected chi connectivity index (χ2v) is 5.42. The molecule has 0 aliphatic rings. The lowest BCUT2D eigenvalue weighted by Gasteiger charge is -2.23. The Balaban J connectivity index is 3.06. The third-order valence-corrected chi connectivity index (χ3v) is 3.39. The van der Waals surface area contributed by atoms with Crippen LogP contribution in [-0.2, 0) is 4.79 Å². The van der Waals surface area contributed by atoms with Gasteiger partial charge in [-0.15, -0.1) is 5.10 Å². The van der Waals surface area contributed by atoms with Gasteiger partial charge in [0.05, 0.1) is 12.5 Å². The number of tetrazole rings is 1. The van der Waals surface area contributed by atoms with E-state index in [9.17, 15) is 4.79 Å². The highest BCUT2D eigenvalue weighted by atomic mass is 16.4. The van der Waals surface area contributed by atoms with Crippen molar-refractivity contribution in [3.05, 3.63) is 5.82 Å². The number of carboxylic acids is 1. The molecule has 0 radical (unpaired) electrons. The first kappa shape index (κ1) is 14.6. The number of rotatable bonds is 6. The number of aliphatic carboxylic acids is 1. The Bertz CT molecular complexity index is 401. The van der Waals surface area contributed by atoms with E-state index in [4.69, 9.17) is 5.11 Å². The topological polar surface area (TPSA) is 80.9 Å². The first-order valence-corrected chi connectivity index (χ1v) is 6.34. The summed E-state index contributed by atoms with van der Waals surface area (Å²) in [5.41, 5.74) is 0. The van der Waals surface area contributed by atoms with Crippen LogP contribution in [0.1, 0.15) is 58.8 Å². The highest BCUT2D eigenvalue weighted by Crippen LogP contribution is 2.27. The van der Waals surface area contributed by atoms with E-state index >= 15 is 0 Å². The fourth-order valence-electron chi connectivity index (χ4n) is 1.82. The average Bonchev–Trinajstić information content (AvgIpc) is 2.72. The van der Waals surface area contributed by atoms with E-state index in [2.05, 4.69) is 36.3 Å². The van der Waals surface area contributed by atoms with Crippen molar-refractivity contribution in [2.75, 3.05) is 0 Å². The number of nitrogens with zero attached hydrogens (tertiary/aromatic N) is 4. The molecule has 6 nitrogen and oxygen atoms in total. The number of carboxylic acid groups (broad SMARTS) is 1. The van der Waals surface area contributed by atoms with E-state index in [0.717, 1.165) is 5.82 Å². The van der Waals surface area contributed by atoms with Crippen molar-refractivity contribution in [3.8, 4) is 0 Å². The average molecular weight is 254 g/mol. The molecule has 102 valence electrons. The second kappa shape index (κ2) is 5.93. The van der Waals surface area contributed by atoms with Crippen molar-refractivity contribution in [3.63, 3.8) is 0 Å². The minimum Gasteiger partial charge on any atom is -0.481 e. The fourth-order valence-corrected chi connectivity index (χ4v) is 1.82. The molecule has 0 spiro atoms. The molecule has 0 aliphatic heterocycles. The molecule has 2 unspecified atom stereocenters. The Kier molecular flexibility index (Phi) is 4.81. The molecule has 18 heavy (non-hydrogen) atoms. The number of hydrogen-bond donors (Lipinski definition) is 1. The zero-order chi connectivity index (χ0) is 13.9.